The van der Waals surface area contributed by atoms with Crippen LogP contribution in [-0.4, -0.2) is 13.2 Å². The Bertz CT molecular complexity index is 560. The topological polar surface area (TPSA) is 44.5 Å². The van der Waals surface area contributed by atoms with E-state index in [0.717, 1.165) is 29.0 Å². The molecule has 0 aromatic heterocycles. The van der Waals surface area contributed by atoms with Crippen LogP contribution < -0.4 is 15.2 Å². The third kappa shape index (κ3) is 3.06. The molecule has 1 aliphatic rings. The van der Waals surface area contributed by atoms with Crippen molar-refractivity contribution in [2.24, 2.45) is 5.73 Å². The van der Waals surface area contributed by atoms with Gasteiger partial charge in [0, 0.05) is 6.42 Å². The summed E-state index contributed by atoms with van der Waals surface area (Å²) >= 11 is 0. The maximum absolute atomic E-state index is 6.29. The van der Waals surface area contributed by atoms with Crippen LogP contribution in [0, 0.1) is 0 Å². The molecule has 20 heavy (non-hydrogen) atoms. The van der Waals surface area contributed by atoms with E-state index in [0.29, 0.717) is 13.2 Å². The highest BCUT2D eigenvalue weighted by atomic mass is 35.5. The lowest BCUT2D eigenvalue weighted by atomic mass is 9.99. The van der Waals surface area contributed by atoms with Gasteiger partial charge in [0.15, 0.2) is 11.5 Å². The van der Waals surface area contributed by atoms with Gasteiger partial charge in [-0.15, -0.1) is 12.4 Å². The maximum atomic E-state index is 6.29. The predicted molar refractivity (Wildman–Crippen MR) is 81.8 cm³/mol. The van der Waals surface area contributed by atoms with Crippen LogP contribution in [0.3, 0.4) is 0 Å². The fourth-order valence-corrected chi connectivity index (χ4v) is 2.23. The smallest absolute Gasteiger partial charge is 0.161 e. The summed E-state index contributed by atoms with van der Waals surface area (Å²) < 4.78 is 11.3. The van der Waals surface area contributed by atoms with E-state index >= 15 is 0 Å². The monoisotopic (exact) mass is 291 g/mol. The Kier molecular flexibility index (Phi) is 4.88. The fraction of sp³-hybridized carbons (Fsp3) is 0.250. The van der Waals surface area contributed by atoms with Crippen molar-refractivity contribution in [3.8, 4) is 11.5 Å². The van der Waals surface area contributed by atoms with Crippen molar-refractivity contribution in [1.82, 2.24) is 0 Å². The van der Waals surface area contributed by atoms with Gasteiger partial charge in [0.2, 0.25) is 0 Å². The number of hydrogen-bond donors (Lipinski definition) is 1. The Morgan fingerprint density at radius 1 is 0.850 bits per heavy atom. The zero-order valence-corrected chi connectivity index (χ0v) is 11.9. The van der Waals surface area contributed by atoms with Crippen molar-refractivity contribution >= 4 is 12.4 Å². The van der Waals surface area contributed by atoms with Gasteiger partial charge < -0.3 is 15.2 Å². The third-order valence-electron chi connectivity index (χ3n) is 3.29. The SMILES string of the molecule is Cl.NC(c1ccccc1)c1ccc2c(c1)OCCCO2. The fourth-order valence-electron chi connectivity index (χ4n) is 2.23. The van der Waals surface area contributed by atoms with E-state index in [2.05, 4.69) is 0 Å². The van der Waals surface area contributed by atoms with Crippen molar-refractivity contribution in [1.29, 1.82) is 0 Å². The lowest BCUT2D eigenvalue weighted by Gasteiger charge is -2.15. The van der Waals surface area contributed by atoms with Crippen LogP contribution in [0.15, 0.2) is 48.5 Å². The molecule has 3 rings (SSSR count). The zero-order chi connectivity index (χ0) is 13.1. The summed E-state index contributed by atoms with van der Waals surface area (Å²) in [5.41, 5.74) is 8.42. The van der Waals surface area contributed by atoms with E-state index in [1.807, 2.05) is 48.5 Å². The molecule has 0 spiro atoms. The number of rotatable bonds is 2. The number of benzene rings is 2. The Balaban J connectivity index is 0.00000147. The highest BCUT2D eigenvalue weighted by Gasteiger charge is 2.14. The molecule has 0 bridgehead atoms. The first-order valence-electron chi connectivity index (χ1n) is 6.54. The number of hydrogen-bond acceptors (Lipinski definition) is 3. The molecule has 0 aliphatic carbocycles. The van der Waals surface area contributed by atoms with Crippen LogP contribution in [0.2, 0.25) is 0 Å². The Labute approximate surface area is 125 Å². The molecule has 1 unspecified atom stereocenters. The Hall–Kier alpha value is -1.71. The minimum absolute atomic E-state index is 0. The van der Waals surface area contributed by atoms with Crippen molar-refractivity contribution in [3.63, 3.8) is 0 Å². The molecule has 106 valence electrons. The van der Waals surface area contributed by atoms with Gasteiger partial charge in [0.1, 0.15) is 0 Å². The lowest BCUT2D eigenvalue weighted by Crippen LogP contribution is -2.11. The normalized spacial score (nSPS) is 14.8. The molecule has 2 aromatic rings. The van der Waals surface area contributed by atoms with Gasteiger partial charge in [-0.25, -0.2) is 0 Å². The van der Waals surface area contributed by atoms with Gasteiger partial charge in [-0.3, -0.25) is 0 Å². The highest BCUT2D eigenvalue weighted by molar-refractivity contribution is 5.85. The van der Waals surface area contributed by atoms with Crippen molar-refractivity contribution in [2.75, 3.05) is 13.2 Å². The first-order chi connectivity index (χ1) is 9.34. The van der Waals surface area contributed by atoms with Crippen molar-refractivity contribution in [3.05, 3.63) is 59.7 Å². The van der Waals surface area contributed by atoms with Crippen LogP contribution in [0.4, 0.5) is 0 Å². The number of fused-ring (bicyclic) bond motifs is 1. The molecule has 4 heteroatoms. The average Bonchev–Trinajstić information content (AvgIpc) is 2.72. The molecule has 1 heterocycles. The summed E-state index contributed by atoms with van der Waals surface area (Å²) in [6, 6.07) is 15.9. The largest absolute Gasteiger partial charge is 0.490 e. The van der Waals surface area contributed by atoms with E-state index < -0.39 is 0 Å². The zero-order valence-electron chi connectivity index (χ0n) is 11.1. The Morgan fingerprint density at radius 2 is 1.55 bits per heavy atom. The summed E-state index contributed by atoms with van der Waals surface area (Å²) in [5, 5.41) is 0. The first-order valence-corrected chi connectivity index (χ1v) is 6.54. The van der Waals surface area contributed by atoms with Crippen molar-refractivity contribution in [2.45, 2.75) is 12.5 Å². The quantitative estimate of drug-likeness (QED) is 0.923. The van der Waals surface area contributed by atoms with Gasteiger partial charge in [0.05, 0.1) is 19.3 Å². The second-order valence-electron chi connectivity index (χ2n) is 4.65. The second-order valence-corrected chi connectivity index (χ2v) is 4.65. The molecular formula is C16H18ClNO2. The summed E-state index contributed by atoms with van der Waals surface area (Å²) in [6.45, 7) is 1.40. The van der Waals surface area contributed by atoms with Gasteiger partial charge in [-0.1, -0.05) is 36.4 Å². The number of nitrogens with two attached hydrogens (primary N) is 1. The predicted octanol–water partition coefficient (Wildman–Crippen LogP) is 3.32. The van der Waals surface area contributed by atoms with E-state index in [4.69, 9.17) is 15.2 Å². The molecule has 0 saturated heterocycles. The van der Waals surface area contributed by atoms with E-state index in [9.17, 15) is 0 Å². The molecule has 0 saturated carbocycles. The van der Waals surface area contributed by atoms with Gasteiger partial charge in [-0.05, 0) is 23.3 Å². The Morgan fingerprint density at radius 3 is 2.30 bits per heavy atom. The van der Waals surface area contributed by atoms with Crippen LogP contribution in [-0.2, 0) is 0 Å². The lowest BCUT2D eigenvalue weighted by molar-refractivity contribution is 0.297. The van der Waals surface area contributed by atoms with E-state index in [1.165, 1.54) is 0 Å². The molecule has 2 aromatic carbocycles. The standard InChI is InChI=1S/C16H17NO2.ClH/c17-16(12-5-2-1-3-6-12)13-7-8-14-15(11-13)19-10-4-9-18-14;/h1-3,5-8,11,16H,4,9-10,17H2;1H. The number of ether oxygens (including phenoxy) is 2. The van der Waals surface area contributed by atoms with E-state index in [-0.39, 0.29) is 18.4 Å². The van der Waals surface area contributed by atoms with Crippen LogP contribution in [0.5, 0.6) is 11.5 Å². The second kappa shape index (κ2) is 6.64. The molecule has 1 atom stereocenters. The molecule has 2 N–H and O–H groups in total. The van der Waals surface area contributed by atoms with Gasteiger partial charge in [-0.2, -0.15) is 0 Å². The third-order valence-corrected chi connectivity index (χ3v) is 3.29. The average molecular weight is 292 g/mol. The summed E-state index contributed by atoms with van der Waals surface area (Å²) in [6.07, 6.45) is 0.911. The molecule has 0 amide bonds. The van der Waals surface area contributed by atoms with Crippen LogP contribution >= 0.6 is 12.4 Å². The minimum Gasteiger partial charge on any atom is -0.490 e. The van der Waals surface area contributed by atoms with Crippen LogP contribution in [0.1, 0.15) is 23.6 Å². The number of halogens is 1. The van der Waals surface area contributed by atoms with E-state index in [1.54, 1.807) is 0 Å². The molecular weight excluding hydrogens is 274 g/mol. The molecule has 0 fully saturated rings. The summed E-state index contributed by atoms with van der Waals surface area (Å²) in [4.78, 5) is 0. The van der Waals surface area contributed by atoms with Crippen molar-refractivity contribution < 1.29 is 9.47 Å². The molecule has 0 radical (unpaired) electrons. The van der Waals surface area contributed by atoms with Gasteiger partial charge in [0.25, 0.3) is 0 Å². The van der Waals surface area contributed by atoms with Crippen LogP contribution in [0.25, 0.3) is 0 Å². The highest BCUT2D eigenvalue weighted by Crippen LogP contribution is 2.33. The first kappa shape index (κ1) is 14.7. The summed E-state index contributed by atoms with van der Waals surface area (Å²) in [5.74, 6) is 1.60. The van der Waals surface area contributed by atoms with Gasteiger partial charge >= 0.3 is 0 Å². The minimum atomic E-state index is -0.140. The molecule has 1 aliphatic heterocycles. The summed E-state index contributed by atoms with van der Waals surface area (Å²) in [7, 11) is 0. The molecule has 3 nitrogen and oxygen atoms in total. The maximum Gasteiger partial charge on any atom is 0.161 e.